The molecule has 1 saturated heterocycles. The van der Waals surface area contributed by atoms with Gasteiger partial charge in [0, 0.05) is 42.7 Å². The number of alkyl halides is 2. The summed E-state index contributed by atoms with van der Waals surface area (Å²) in [4.78, 5) is 49.5. The standard InChI is InChI=1S/C32H30F2N4O5S/c1-37(30(42)22(16-29(40)41)15-20-7-3-2-4-8-20)32-36-26(19-44-32)25-17-23(43-31(33)34)11-12-24(25)21-10-13-27(35-18-21)38-14-6-5-9-28(38)39/h2-4,7-8,10-13,17-19,22,31H,5-6,9,14-16H2,1H3,(H,40,41). The predicted octanol–water partition coefficient (Wildman–Crippen LogP) is 6.29. The van der Waals surface area contributed by atoms with Crippen LogP contribution >= 0.6 is 11.3 Å². The minimum atomic E-state index is -3.03. The van der Waals surface area contributed by atoms with Gasteiger partial charge < -0.3 is 9.84 Å². The fourth-order valence-corrected chi connectivity index (χ4v) is 5.98. The summed E-state index contributed by atoms with van der Waals surface area (Å²) in [5, 5.41) is 11.5. The first-order chi connectivity index (χ1) is 21.2. The van der Waals surface area contributed by atoms with Crippen LogP contribution in [0.5, 0.6) is 5.75 Å². The maximum Gasteiger partial charge on any atom is 0.387 e. The number of piperidine rings is 1. The second-order valence-electron chi connectivity index (χ2n) is 10.4. The maximum atomic E-state index is 13.5. The third-order valence-corrected chi connectivity index (χ3v) is 8.27. The SMILES string of the molecule is CN(C(=O)C(CC(=O)O)Cc1ccccc1)c1nc(-c2cc(OC(F)F)ccc2-c2ccc(N3CCCCC3=O)nc2)cs1. The van der Waals surface area contributed by atoms with Gasteiger partial charge in [0.15, 0.2) is 5.13 Å². The van der Waals surface area contributed by atoms with E-state index in [2.05, 4.69) is 14.7 Å². The molecule has 44 heavy (non-hydrogen) atoms. The predicted molar refractivity (Wildman–Crippen MR) is 163 cm³/mol. The number of hydrogen-bond acceptors (Lipinski definition) is 7. The van der Waals surface area contributed by atoms with Gasteiger partial charge >= 0.3 is 12.6 Å². The quantitative estimate of drug-likeness (QED) is 0.210. The lowest BCUT2D eigenvalue weighted by Gasteiger charge is -2.25. The van der Waals surface area contributed by atoms with Crippen LogP contribution in [-0.2, 0) is 20.8 Å². The highest BCUT2D eigenvalue weighted by Crippen LogP contribution is 2.38. The van der Waals surface area contributed by atoms with Gasteiger partial charge in [-0.05, 0) is 60.7 Å². The van der Waals surface area contributed by atoms with E-state index in [1.165, 1.54) is 35.4 Å². The molecule has 2 amide bonds. The largest absolute Gasteiger partial charge is 0.481 e. The van der Waals surface area contributed by atoms with E-state index in [-0.39, 0.29) is 24.5 Å². The second kappa shape index (κ2) is 13.7. The van der Waals surface area contributed by atoms with Gasteiger partial charge in [-0.25, -0.2) is 9.97 Å². The van der Waals surface area contributed by atoms with Crippen molar-refractivity contribution in [3.05, 3.63) is 77.8 Å². The molecule has 2 aromatic carbocycles. The Labute approximate surface area is 256 Å². The molecule has 1 N–H and O–H groups in total. The van der Waals surface area contributed by atoms with Crippen LogP contribution in [0.1, 0.15) is 31.2 Å². The number of pyridine rings is 1. The van der Waals surface area contributed by atoms with Crippen molar-refractivity contribution in [2.45, 2.75) is 38.7 Å². The van der Waals surface area contributed by atoms with Crippen LogP contribution in [0.3, 0.4) is 0 Å². The molecule has 1 unspecified atom stereocenters. The molecule has 12 heteroatoms. The smallest absolute Gasteiger partial charge is 0.387 e. The Bertz CT molecular complexity index is 1630. The van der Waals surface area contributed by atoms with E-state index in [0.717, 1.165) is 18.4 Å². The van der Waals surface area contributed by atoms with Crippen molar-refractivity contribution in [2.75, 3.05) is 23.4 Å². The number of aromatic nitrogens is 2. The minimum absolute atomic E-state index is 0.0220. The first-order valence-electron chi connectivity index (χ1n) is 14.0. The zero-order valence-electron chi connectivity index (χ0n) is 23.9. The van der Waals surface area contributed by atoms with E-state index in [1.54, 1.807) is 34.7 Å². The zero-order chi connectivity index (χ0) is 31.2. The number of hydrogen-bond donors (Lipinski definition) is 1. The molecule has 1 atom stereocenters. The molecule has 0 saturated carbocycles. The Morgan fingerprint density at radius 2 is 1.89 bits per heavy atom. The van der Waals surface area contributed by atoms with Crippen molar-refractivity contribution in [3.8, 4) is 28.1 Å². The van der Waals surface area contributed by atoms with Gasteiger partial charge in [-0.2, -0.15) is 8.78 Å². The number of anilines is 2. The molecule has 0 aliphatic carbocycles. The molecule has 1 aliphatic rings. The second-order valence-corrected chi connectivity index (χ2v) is 11.2. The first-order valence-corrected chi connectivity index (χ1v) is 14.9. The minimum Gasteiger partial charge on any atom is -0.481 e. The number of carbonyl (C=O) groups excluding carboxylic acids is 2. The highest BCUT2D eigenvalue weighted by atomic mass is 32.1. The number of carboxylic acid groups (broad SMARTS) is 1. The number of nitrogens with zero attached hydrogens (tertiary/aromatic N) is 4. The summed E-state index contributed by atoms with van der Waals surface area (Å²) < 4.78 is 30.8. The molecule has 0 bridgehead atoms. The average molecular weight is 621 g/mol. The Kier molecular flexibility index (Phi) is 9.59. The van der Waals surface area contributed by atoms with Crippen LogP contribution in [-0.4, -0.2) is 53.1 Å². The van der Waals surface area contributed by atoms with Gasteiger partial charge in [-0.15, -0.1) is 11.3 Å². The molecule has 1 aliphatic heterocycles. The van der Waals surface area contributed by atoms with Crippen molar-refractivity contribution >= 4 is 40.1 Å². The van der Waals surface area contributed by atoms with E-state index in [0.29, 0.717) is 46.3 Å². The summed E-state index contributed by atoms with van der Waals surface area (Å²) in [5.74, 6) is -1.81. The van der Waals surface area contributed by atoms with E-state index in [1.807, 2.05) is 30.3 Å². The molecule has 0 spiro atoms. The van der Waals surface area contributed by atoms with Crippen molar-refractivity contribution in [2.24, 2.45) is 5.92 Å². The van der Waals surface area contributed by atoms with Gasteiger partial charge in [0.25, 0.3) is 0 Å². The fourth-order valence-electron chi connectivity index (χ4n) is 5.18. The molecular weight excluding hydrogens is 590 g/mol. The van der Waals surface area contributed by atoms with E-state index in [9.17, 15) is 28.3 Å². The summed E-state index contributed by atoms with van der Waals surface area (Å²) in [6.07, 6.45) is 3.75. The lowest BCUT2D eigenvalue weighted by Crippen LogP contribution is -2.35. The van der Waals surface area contributed by atoms with E-state index in [4.69, 9.17) is 0 Å². The average Bonchev–Trinajstić information content (AvgIpc) is 3.51. The number of ether oxygens (including phenoxy) is 1. The molecule has 4 aromatic rings. The molecule has 228 valence electrons. The number of aliphatic carboxylic acids is 1. The maximum absolute atomic E-state index is 13.5. The lowest BCUT2D eigenvalue weighted by molar-refractivity contribution is -0.140. The number of benzene rings is 2. The van der Waals surface area contributed by atoms with Crippen molar-refractivity contribution in [1.29, 1.82) is 0 Å². The number of rotatable bonds is 11. The number of halogens is 2. The van der Waals surface area contributed by atoms with Crippen LogP contribution in [0.4, 0.5) is 19.7 Å². The van der Waals surface area contributed by atoms with Gasteiger partial charge in [0.05, 0.1) is 18.0 Å². The van der Waals surface area contributed by atoms with Crippen LogP contribution in [0.15, 0.2) is 72.2 Å². The Morgan fingerprint density at radius 1 is 1.09 bits per heavy atom. The number of amides is 2. The molecule has 9 nitrogen and oxygen atoms in total. The van der Waals surface area contributed by atoms with Crippen LogP contribution in [0.2, 0.25) is 0 Å². The first kappa shape index (κ1) is 30.7. The van der Waals surface area contributed by atoms with Crippen molar-refractivity contribution in [3.63, 3.8) is 0 Å². The Hall–Kier alpha value is -4.71. The topological polar surface area (TPSA) is 113 Å². The van der Waals surface area contributed by atoms with Gasteiger partial charge in [-0.1, -0.05) is 30.3 Å². The number of carboxylic acids is 1. The van der Waals surface area contributed by atoms with Gasteiger partial charge in [0.2, 0.25) is 11.8 Å². The highest BCUT2D eigenvalue weighted by Gasteiger charge is 2.28. The van der Waals surface area contributed by atoms with E-state index >= 15 is 0 Å². The normalized spacial score (nSPS) is 14.0. The van der Waals surface area contributed by atoms with Crippen LogP contribution in [0, 0.1) is 5.92 Å². The molecule has 3 heterocycles. The zero-order valence-corrected chi connectivity index (χ0v) is 24.7. The molecular formula is C32H30F2N4O5S. The van der Waals surface area contributed by atoms with Gasteiger partial charge in [0.1, 0.15) is 11.6 Å². The van der Waals surface area contributed by atoms with Crippen LogP contribution in [0.25, 0.3) is 22.4 Å². The molecule has 1 fully saturated rings. The summed E-state index contributed by atoms with van der Waals surface area (Å²) in [6, 6.07) is 17.2. The van der Waals surface area contributed by atoms with Crippen LogP contribution < -0.4 is 14.5 Å². The lowest BCUT2D eigenvalue weighted by atomic mass is 9.95. The summed E-state index contributed by atoms with van der Waals surface area (Å²) in [7, 11) is 1.53. The van der Waals surface area contributed by atoms with Crippen molar-refractivity contribution < 1.29 is 33.0 Å². The summed E-state index contributed by atoms with van der Waals surface area (Å²) in [6.45, 7) is -2.43. The fraction of sp³-hybridized carbons (Fsp3) is 0.281. The highest BCUT2D eigenvalue weighted by molar-refractivity contribution is 7.14. The third kappa shape index (κ3) is 7.25. The summed E-state index contributed by atoms with van der Waals surface area (Å²) in [5.41, 5.74) is 3.02. The molecule has 2 aromatic heterocycles. The Balaban J connectivity index is 1.44. The molecule has 0 radical (unpaired) electrons. The van der Waals surface area contributed by atoms with E-state index < -0.39 is 24.4 Å². The summed E-state index contributed by atoms with van der Waals surface area (Å²) >= 11 is 1.17. The van der Waals surface area contributed by atoms with Crippen molar-refractivity contribution in [1.82, 2.24) is 9.97 Å². The monoisotopic (exact) mass is 620 g/mol. The number of carbonyl (C=O) groups is 3. The molecule has 5 rings (SSSR count). The Morgan fingerprint density at radius 3 is 2.57 bits per heavy atom. The number of thiazole rings is 1. The third-order valence-electron chi connectivity index (χ3n) is 7.36. The van der Waals surface area contributed by atoms with Gasteiger partial charge in [-0.3, -0.25) is 24.2 Å².